The molecule has 6 nitrogen and oxygen atoms in total. The number of carboxylic acid groups (broad SMARTS) is 1. The lowest BCUT2D eigenvalue weighted by atomic mass is 9.93. The van der Waals surface area contributed by atoms with E-state index in [1.807, 2.05) is 0 Å². The number of likely N-dealkylation sites (tertiary alicyclic amines) is 2. The van der Waals surface area contributed by atoms with Gasteiger partial charge in [0.05, 0.1) is 5.92 Å². The quantitative estimate of drug-likeness (QED) is 0.894. The molecule has 3 rings (SSSR count). The second-order valence-electron chi connectivity index (χ2n) is 6.98. The maximum absolute atomic E-state index is 13.0. The lowest BCUT2D eigenvalue weighted by molar-refractivity contribution is -0.154. The molecule has 0 aromatic heterocycles. The average molecular weight is 362 g/mol. The SMILES string of the molecule is O=C(O)[C@H]1CCCCN1C(=O)C1CCCN(C(=O)c2ccc(F)cc2)C1. The van der Waals surface area contributed by atoms with E-state index in [0.29, 0.717) is 37.9 Å². The number of carbonyl (C=O) groups is 3. The third-order valence-corrected chi connectivity index (χ3v) is 5.22. The molecule has 7 heteroatoms. The Kier molecular flexibility index (Phi) is 5.54. The highest BCUT2D eigenvalue weighted by Crippen LogP contribution is 2.25. The van der Waals surface area contributed by atoms with Gasteiger partial charge in [0.1, 0.15) is 11.9 Å². The second-order valence-corrected chi connectivity index (χ2v) is 6.98. The number of aliphatic carboxylic acids is 1. The summed E-state index contributed by atoms with van der Waals surface area (Å²) in [7, 11) is 0. The van der Waals surface area contributed by atoms with Crippen molar-refractivity contribution in [1.29, 1.82) is 0 Å². The zero-order valence-electron chi connectivity index (χ0n) is 14.6. The molecule has 2 amide bonds. The molecular weight excluding hydrogens is 339 g/mol. The number of amides is 2. The van der Waals surface area contributed by atoms with E-state index < -0.39 is 17.8 Å². The summed E-state index contributed by atoms with van der Waals surface area (Å²) in [5.74, 6) is -2.15. The monoisotopic (exact) mass is 362 g/mol. The third kappa shape index (κ3) is 3.86. The lowest BCUT2D eigenvalue weighted by Gasteiger charge is -2.38. The maximum Gasteiger partial charge on any atom is 0.326 e. The van der Waals surface area contributed by atoms with E-state index in [0.717, 1.165) is 12.8 Å². The Balaban J connectivity index is 1.69. The number of hydrogen-bond donors (Lipinski definition) is 1. The number of hydrogen-bond acceptors (Lipinski definition) is 3. The Labute approximate surface area is 151 Å². The summed E-state index contributed by atoms with van der Waals surface area (Å²) in [4.78, 5) is 40.0. The smallest absolute Gasteiger partial charge is 0.326 e. The van der Waals surface area contributed by atoms with E-state index in [2.05, 4.69) is 0 Å². The van der Waals surface area contributed by atoms with Crippen LogP contribution >= 0.6 is 0 Å². The summed E-state index contributed by atoms with van der Waals surface area (Å²) >= 11 is 0. The van der Waals surface area contributed by atoms with Crippen LogP contribution in [-0.2, 0) is 9.59 Å². The molecule has 2 atom stereocenters. The van der Waals surface area contributed by atoms with Crippen LogP contribution in [0.5, 0.6) is 0 Å². The van der Waals surface area contributed by atoms with Crippen LogP contribution in [0.4, 0.5) is 4.39 Å². The highest BCUT2D eigenvalue weighted by Gasteiger charge is 2.37. The first-order valence-electron chi connectivity index (χ1n) is 9.05. The fourth-order valence-corrected chi connectivity index (χ4v) is 3.82. The molecule has 0 aliphatic carbocycles. The van der Waals surface area contributed by atoms with Gasteiger partial charge in [-0.2, -0.15) is 0 Å². The van der Waals surface area contributed by atoms with Crippen molar-refractivity contribution in [1.82, 2.24) is 9.80 Å². The minimum absolute atomic E-state index is 0.172. The van der Waals surface area contributed by atoms with E-state index in [1.54, 1.807) is 4.90 Å². The van der Waals surface area contributed by atoms with Crippen molar-refractivity contribution < 1.29 is 23.9 Å². The van der Waals surface area contributed by atoms with Gasteiger partial charge in [-0.3, -0.25) is 9.59 Å². The van der Waals surface area contributed by atoms with Crippen LogP contribution in [0, 0.1) is 11.7 Å². The van der Waals surface area contributed by atoms with Crippen LogP contribution in [0.15, 0.2) is 24.3 Å². The molecule has 2 heterocycles. The van der Waals surface area contributed by atoms with Crippen LogP contribution in [-0.4, -0.2) is 58.4 Å². The topological polar surface area (TPSA) is 77.9 Å². The van der Waals surface area contributed by atoms with Crippen molar-refractivity contribution in [2.75, 3.05) is 19.6 Å². The molecule has 2 aliphatic rings. The first-order valence-corrected chi connectivity index (χ1v) is 9.05. The number of benzene rings is 1. The molecule has 1 unspecified atom stereocenters. The van der Waals surface area contributed by atoms with Gasteiger partial charge in [-0.15, -0.1) is 0 Å². The van der Waals surface area contributed by atoms with E-state index >= 15 is 0 Å². The molecule has 0 saturated carbocycles. The van der Waals surface area contributed by atoms with E-state index in [1.165, 1.54) is 29.2 Å². The van der Waals surface area contributed by atoms with Crippen LogP contribution < -0.4 is 0 Å². The first-order chi connectivity index (χ1) is 12.5. The largest absolute Gasteiger partial charge is 0.480 e. The molecule has 1 aromatic rings. The summed E-state index contributed by atoms with van der Waals surface area (Å²) in [6.07, 6.45) is 3.43. The van der Waals surface area contributed by atoms with Crippen molar-refractivity contribution >= 4 is 17.8 Å². The summed E-state index contributed by atoms with van der Waals surface area (Å²) < 4.78 is 13.0. The maximum atomic E-state index is 13.0. The first kappa shape index (κ1) is 18.4. The van der Waals surface area contributed by atoms with E-state index in [4.69, 9.17) is 0 Å². The molecule has 2 fully saturated rings. The molecule has 0 radical (unpaired) electrons. The molecule has 140 valence electrons. The van der Waals surface area contributed by atoms with Gasteiger partial charge < -0.3 is 14.9 Å². The van der Waals surface area contributed by atoms with E-state index in [-0.39, 0.29) is 24.3 Å². The van der Waals surface area contributed by atoms with Crippen molar-refractivity contribution in [3.63, 3.8) is 0 Å². The molecule has 0 bridgehead atoms. The highest BCUT2D eigenvalue weighted by atomic mass is 19.1. The number of carbonyl (C=O) groups excluding carboxylic acids is 2. The number of carboxylic acids is 1. The zero-order chi connectivity index (χ0) is 18.7. The van der Waals surface area contributed by atoms with Crippen molar-refractivity contribution in [2.24, 2.45) is 5.92 Å². The summed E-state index contributed by atoms with van der Waals surface area (Å²) in [5, 5.41) is 9.38. The highest BCUT2D eigenvalue weighted by molar-refractivity contribution is 5.95. The fraction of sp³-hybridized carbons (Fsp3) is 0.526. The van der Waals surface area contributed by atoms with Crippen LogP contribution in [0.25, 0.3) is 0 Å². The number of halogens is 1. The lowest BCUT2D eigenvalue weighted by Crippen LogP contribution is -2.53. The van der Waals surface area contributed by atoms with Gasteiger partial charge in [0.15, 0.2) is 0 Å². The van der Waals surface area contributed by atoms with Gasteiger partial charge in [0.25, 0.3) is 5.91 Å². The predicted octanol–water partition coefficient (Wildman–Crippen LogP) is 2.14. The summed E-state index contributed by atoms with van der Waals surface area (Å²) in [6.45, 7) is 1.28. The Morgan fingerprint density at radius 3 is 2.42 bits per heavy atom. The zero-order valence-corrected chi connectivity index (χ0v) is 14.6. The number of nitrogens with zero attached hydrogens (tertiary/aromatic N) is 2. The van der Waals surface area contributed by atoms with Crippen molar-refractivity contribution in [2.45, 2.75) is 38.1 Å². The Bertz CT molecular complexity index is 691. The van der Waals surface area contributed by atoms with Crippen molar-refractivity contribution in [3.05, 3.63) is 35.6 Å². The molecule has 2 aliphatic heterocycles. The normalized spacial score (nSPS) is 23.6. The Morgan fingerprint density at radius 2 is 1.73 bits per heavy atom. The molecule has 1 N–H and O–H groups in total. The second kappa shape index (κ2) is 7.85. The minimum Gasteiger partial charge on any atom is -0.480 e. The van der Waals surface area contributed by atoms with Crippen LogP contribution in [0.3, 0.4) is 0 Å². The van der Waals surface area contributed by atoms with Gasteiger partial charge in [-0.25, -0.2) is 9.18 Å². The van der Waals surface area contributed by atoms with Crippen LogP contribution in [0.1, 0.15) is 42.5 Å². The average Bonchev–Trinajstić information content (AvgIpc) is 2.67. The van der Waals surface area contributed by atoms with E-state index in [9.17, 15) is 23.9 Å². The summed E-state index contributed by atoms with van der Waals surface area (Å²) in [5.41, 5.74) is 0.390. The van der Waals surface area contributed by atoms with Gasteiger partial charge in [0.2, 0.25) is 5.91 Å². The third-order valence-electron chi connectivity index (χ3n) is 5.22. The molecule has 2 saturated heterocycles. The molecule has 1 aromatic carbocycles. The number of piperidine rings is 2. The Morgan fingerprint density at radius 1 is 1.00 bits per heavy atom. The standard InChI is InChI=1S/C19H23FN2O4/c20-15-8-6-13(7-9-15)17(23)21-10-3-4-14(12-21)18(24)22-11-2-1-5-16(22)19(25)26/h6-9,14,16H,1-5,10-12H2,(H,25,26)/t14?,16-/m1/s1. The van der Waals surface area contributed by atoms with Gasteiger partial charge in [-0.05, 0) is 56.4 Å². The van der Waals surface area contributed by atoms with Gasteiger partial charge in [0, 0.05) is 25.2 Å². The van der Waals surface area contributed by atoms with Gasteiger partial charge in [-0.1, -0.05) is 0 Å². The predicted molar refractivity (Wildman–Crippen MR) is 92.0 cm³/mol. The number of rotatable bonds is 3. The molecular formula is C19H23FN2O4. The van der Waals surface area contributed by atoms with Crippen molar-refractivity contribution in [3.8, 4) is 0 Å². The van der Waals surface area contributed by atoms with Gasteiger partial charge >= 0.3 is 5.97 Å². The fourth-order valence-electron chi connectivity index (χ4n) is 3.82. The molecule has 26 heavy (non-hydrogen) atoms. The summed E-state index contributed by atoms with van der Waals surface area (Å²) in [6, 6.07) is 4.60. The molecule has 0 spiro atoms. The van der Waals surface area contributed by atoms with Crippen LogP contribution in [0.2, 0.25) is 0 Å². The Hall–Kier alpha value is -2.44. The minimum atomic E-state index is -0.965.